The molecule has 0 fully saturated rings. The van der Waals surface area contributed by atoms with Crippen molar-refractivity contribution in [1.29, 1.82) is 0 Å². The summed E-state index contributed by atoms with van der Waals surface area (Å²) in [4.78, 5) is 21.9. The maximum Gasteiger partial charge on any atom is 0.416 e. The Labute approximate surface area is 160 Å². The van der Waals surface area contributed by atoms with Gasteiger partial charge in [-0.25, -0.2) is 14.2 Å². The van der Waals surface area contributed by atoms with Gasteiger partial charge in [-0.1, -0.05) is 35.3 Å². The van der Waals surface area contributed by atoms with Gasteiger partial charge in [0.05, 0.1) is 5.75 Å². The number of ether oxygens (including phenoxy) is 1. The fourth-order valence-electron chi connectivity index (χ4n) is 2.06. The normalized spacial score (nSPS) is 10.3. The third-order valence-corrected chi connectivity index (χ3v) is 4.51. The number of carbonyl (C=O) groups excluding carboxylic acids is 1. The average Bonchev–Trinajstić information content (AvgIpc) is 2.58. The number of halogens is 2. The number of thioether (sulfide) groups is 1. The molecule has 0 atom stereocenters. The minimum atomic E-state index is -0.600. The van der Waals surface area contributed by atoms with Crippen molar-refractivity contribution >= 4 is 29.5 Å². The molecule has 0 aliphatic carbocycles. The number of benzene rings is 1. The quantitative estimate of drug-likeness (QED) is 0.437. The van der Waals surface area contributed by atoms with Gasteiger partial charge >= 0.3 is 6.09 Å². The first-order valence-electron chi connectivity index (χ1n) is 7.59. The lowest BCUT2D eigenvalue weighted by Crippen LogP contribution is -2.26. The van der Waals surface area contributed by atoms with Crippen molar-refractivity contribution in [3.63, 3.8) is 0 Å². The minimum Gasteiger partial charge on any atom is -0.391 e. The van der Waals surface area contributed by atoms with Crippen LogP contribution >= 0.6 is 23.4 Å². The van der Waals surface area contributed by atoms with Crippen LogP contribution in [0, 0.1) is 25.1 Å². The molecule has 2 aromatic rings. The van der Waals surface area contributed by atoms with E-state index < -0.39 is 11.9 Å². The molecule has 0 saturated carbocycles. The Hall–Kier alpha value is -2.30. The minimum absolute atomic E-state index is 0.0649. The average molecular weight is 394 g/mol. The SMILES string of the molecule is C#CCSc1nc(C)c(Cc2c(F)cccc2Cl)c(OC(=O)N(C)C)n1. The standard InChI is InChI=1S/C18H17ClFN3O2S/c1-5-9-26-17-21-11(2)12(16(22-17)25-18(24)23(3)4)10-13-14(19)7-6-8-15(13)20/h1,6-8H,9-10H2,2-4H3. The molecule has 1 aromatic carbocycles. The van der Waals surface area contributed by atoms with Gasteiger partial charge in [-0.2, -0.15) is 4.98 Å². The summed E-state index contributed by atoms with van der Waals surface area (Å²) in [5, 5.41) is 0.658. The zero-order valence-electron chi connectivity index (χ0n) is 14.5. The lowest BCUT2D eigenvalue weighted by molar-refractivity contribution is 0.169. The van der Waals surface area contributed by atoms with Crippen molar-refractivity contribution in [2.24, 2.45) is 0 Å². The maximum absolute atomic E-state index is 14.2. The first kappa shape index (κ1) is 20.0. The summed E-state index contributed by atoms with van der Waals surface area (Å²) in [7, 11) is 3.11. The van der Waals surface area contributed by atoms with Crippen molar-refractivity contribution in [3.8, 4) is 18.2 Å². The van der Waals surface area contributed by atoms with Gasteiger partial charge in [0.25, 0.3) is 0 Å². The van der Waals surface area contributed by atoms with E-state index in [1.807, 2.05) is 0 Å². The van der Waals surface area contributed by atoms with Gasteiger partial charge in [-0.3, -0.25) is 0 Å². The number of aryl methyl sites for hydroxylation is 1. The van der Waals surface area contributed by atoms with Crippen LogP contribution < -0.4 is 4.74 Å². The van der Waals surface area contributed by atoms with Crippen molar-refractivity contribution in [3.05, 3.63) is 45.9 Å². The fourth-order valence-corrected chi connectivity index (χ4v) is 2.85. The predicted molar refractivity (Wildman–Crippen MR) is 100 cm³/mol. The van der Waals surface area contributed by atoms with Crippen LogP contribution in [0.15, 0.2) is 23.4 Å². The number of amides is 1. The van der Waals surface area contributed by atoms with Crippen LogP contribution in [-0.2, 0) is 6.42 Å². The number of aromatic nitrogens is 2. The van der Waals surface area contributed by atoms with Crippen LogP contribution in [0.1, 0.15) is 16.8 Å². The van der Waals surface area contributed by atoms with Crippen molar-refractivity contribution in [2.45, 2.75) is 18.5 Å². The molecule has 0 N–H and O–H groups in total. The van der Waals surface area contributed by atoms with Gasteiger partial charge < -0.3 is 9.64 Å². The molecule has 8 heteroatoms. The van der Waals surface area contributed by atoms with Crippen molar-refractivity contribution < 1.29 is 13.9 Å². The lowest BCUT2D eigenvalue weighted by atomic mass is 10.0. The van der Waals surface area contributed by atoms with Crippen LogP contribution in [0.5, 0.6) is 5.88 Å². The van der Waals surface area contributed by atoms with Crippen LogP contribution in [0.3, 0.4) is 0 Å². The summed E-state index contributed by atoms with van der Waals surface area (Å²) in [6, 6.07) is 4.44. The Bertz CT molecular complexity index is 848. The van der Waals surface area contributed by atoms with E-state index in [0.717, 1.165) is 0 Å². The van der Waals surface area contributed by atoms with E-state index >= 15 is 0 Å². The van der Waals surface area contributed by atoms with Crippen LogP contribution in [-0.4, -0.2) is 40.8 Å². The first-order valence-corrected chi connectivity index (χ1v) is 8.95. The molecule has 0 aliphatic rings. The highest BCUT2D eigenvalue weighted by Gasteiger charge is 2.20. The summed E-state index contributed by atoms with van der Waals surface area (Å²) in [5.41, 5.74) is 1.32. The Morgan fingerprint density at radius 1 is 1.38 bits per heavy atom. The lowest BCUT2D eigenvalue weighted by Gasteiger charge is -2.16. The number of carbonyl (C=O) groups is 1. The number of hydrogen-bond donors (Lipinski definition) is 0. The Balaban J connectivity index is 2.48. The van der Waals surface area contributed by atoms with Gasteiger partial charge in [-0.15, -0.1) is 6.42 Å². The van der Waals surface area contributed by atoms with Gasteiger partial charge in [-0.05, 0) is 19.1 Å². The van der Waals surface area contributed by atoms with Gasteiger partial charge in [0, 0.05) is 42.4 Å². The molecule has 0 saturated heterocycles. The molecule has 136 valence electrons. The third-order valence-electron chi connectivity index (χ3n) is 3.40. The molecule has 1 aromatic heterocycles. The summed E-state index contributed by atoms with van der Waals surface area (Å²) in [6.45, 7) is 1.73. The Morgan fingerprint density at radius 2 is 2.12 bits per heavy atom. The van der Waals surface area contributed by atoms with Crippen molar-refractivity contribution in [1.82, 2.24) is 14.9 Å². The second-order valence-electron chi connectivity index (χ2n) is 5.51. The molecule has 0 radical (unpaired) electrons. The second kappa shape index (κ2) is 8.88. The number of terminal acetylenes is 1. The molecular weight excluding hydrogens is 377 g/mol. The number of rotatable bonds is 5. The molecule has 5 nitrogen and oxygen atoms in total. The monoisotopic (exact) mass is 393 g/mol. The molecule has 0 unspecified atom stereocenters. The molecule has 0 spiro atoms. The molecule has 0 aliphatic heterocycles. The highest BCUT2D eigenvalue weighted by atomic mass is 35.5. The molecule has 2 rings (SSSR count). The summed E-state index contributed by atoms with van der Waals surface area (Å²) in [5.74, 6) is 2.47. The van der Waals surface area contributed by atoms with E-state index in [1.54, 1.807) is 27.1 Å². The number of hydrogen-bond acceptors (Lipinski definition) is 5. The Kier molecular flexibility index (Phi) is 6.83. The maximum atomic E-state index is 14.2. The molecule has 26 heavy (non-hydrogen) atoms. The van der Waals surface area contributed by atoms with Gasteiger partial charge in [0.1, 0.15) is 5.82 Å². The van der Waals surface area contributed by atoms with E-state index in [0.29, 0.717) is 22.2 Å². The Morgan fingerprint density at radius 3 is 2.73 bits per heavy atom. The smallest absolute Gasteiger partial charge is 0.391 e. The molecule has 1 amide bonds. The zero-order chi connectivity index (χ0) is 19.3. The largest absolute Gasteiger partial charge is 0.416 e. The molecular formula is C18H17ClFN3O2S. The van der Waals surface area contributed by atoms with E-state index in [1.165, 1.54) is 28.8 Å². The van der Waals surface area contributed by atoms with E-state index in [4.69, 9.17) is 22.8 Å². The molecule has 1 heterocycles. The fraction of sp³-hybridized carbons (Fsp3) is 0.278. The van der Waals surface area contributed by atoms with Crippen LogP contribution in [0.2, 0.25) is 5.02 Å². The van der Waals surface area contributed by atoms with Crippen molar-refractivity contribution in [2.75, 3.05) is 19.8 Å². The van der Waals surface area contributed by atoms with Gasteiger partial charge in [0.15, 0.2) is 5.16 Å². The van der Waals surface area contributed by atoms with Gasteiger partial charge in [0.2, 0.25) is 5.88 Å². The highest BCUT2D eigenvalue weighted by Crippen LogP contribution is 2.29. The highest BCUT2D eigenvalue weighted by molar-refractivity contribution is 7.99. The van der Waals surface area contributed by atoms with E-state index in [9.17, 15) is 9.18 Å². The second-order valence-corrected chi connectivity index (χ2v) is 6.86. The predicted octanol–water partition coefficient (Wildman–Crippen LogP) is 3.95. The van der Waals surface area contributed by atoms with E-state index in [2.05, 4.69) is 15.9 Å². The van der Waals surface area contributed by atoms with Crippen LogP contribution in [0.4, 0.5) is 9.18 Å². The first-order chi connectivity index (χ1) is 12.3. The summed E-state index contributed by atoms with van der Waals surface area (Å²) >= 11 is 7.36. The number of nitrogens with zero attached hydrogens (tertiary/aromatic N) is 3. The third kappa shape index (κ3) is 4.87. The summed E-state index contributed by atoms with van der Waals surface area (Å²) in [6.07, 6.45) is 4.75. The summed E-state index contributed by atoms with van der Waals surface area (Å²) < 4.78 is 19.5. The van der Waals surface area contributed by atoms with E-state index in [-0.39, 0.29) is 22.9 Å². The molecule has 0 bridgehead atoms. The topological polar surface area (TPSA) is 55.3 Å². The van der Waals surface area contributed by atoms with Crippen LogP contribution in [0.25, 0.3) is 0 Å². The zero-order valence-corrected chi connectivity index (χ0v) is 16.1.